The van der Waals surface area contributed by atoms with Crippen LogP contribution in [0.2, 0.25) is 0 Å². The minimum atomic E-state index is -0.694. The van der Waals surface area contributed by atoms with Crippen molar-refractivity contribution in [3.05, 3.63) is 89.9 Å². The molecule has 1 amide bonds. The van der Waals surface area contributed by atoms with Crippen molar-refractivity contribution in [2.24, 2.45) is 0 Å². The van der Waals surface area contributed by atoms with Crippen LogP contribution < -0.4 is 29.2 Å². The summed E-state index contributed by atoms with van der Waals surface area (Å²) < 4.78 is 42.9. The van der Waals surface area contributed by atoms with Crippen molar-refractivity contribution in [1.29, 1.82) is 0 Å². The van der Waals surface area contributed by atoms with Gasteiger partial charge in [0.15, 0.2) is 11.6 Å². The summed E-state index contributed by atoms with van der Waals surface area (Å²) in [6.45, 7) is 3.91. The number of carbonyl (C=O) groups is 1. The van der Waals surface area contributed by atoms with E-state index in [0.717, 1.165) is 26.1 Å². The third-order valence-corrected chi connectivity index (χ3v) is 7.94. The molecule has 1 saturated heterocycles. The van der Waals surface area contributed by atoms with Crippen molar-refractivity contribution < 1.29 is 32.9 Å². The maximum Gasteiger partial charge on any atom is 0.421 e. The Morgan fingerprint density at radius 2 is 1.73 bits per heavy atom. The molecule has 4 aromatic rings. The molecule has 3 aromatic carbocycles. The van der Waals surface area contributed by atoms with E-state index < -0.39 is 11.9 Å². The van der Waals surface area contributed by atoms with Crippen LogP contribution in [0.4, 0.5) is 26.6 Å². The molecule has 0 spiro atoms. The van der Waals surface area contributed by atoms with Gasteiger partial charge >= 0.3 is 6.09 Å². The summed E-state index contributed by atoms with van der Waals surface area (Å²) >= 11 is 0. The highest BCUT2D eigenvalue weighted by Gasteiger charge is 2.24. The van der Waals surface area contributed by atoms with E-state index in [4.69, 9.17) is 23.7 Å². The van der Waals surface area contributed by atoms with Gasteiger partial charge in [-0.2, -0.15) is 4.98 Å². The SMILES string of the molecule is COCc1ccccc1OC(=O)N(Cc1cc(OC)ccc1OC)c1ccnc(Nc2ccc(OCCCN3CCCCC3)c(F)c2)n1. The predicted octanol–water partition coefficient (Wildman–Crippen LogP) is 6.98. The molecular weight excluding hydrogens is 617 g/mol. The van der Waals surface area contributed by atoms with E-state index in [1.165, 1.54) is 36.4 Å². The van der Waals surface area contributed by atoms with Crippen molar-refractivity contribution in [3.8, 4) is 23.0 Å². The molecular formula is C36H42FN5O6. The number of nitrogens with one attached hydrogen (secondary N) is 1. The van der Waals surface area contributed by atoms with Crippen LogP contribution in [0.5, 0.6) is 23.0 Å². The molecule has 1 N–H and O–H groups in total. The third kappa shape index (κ3) is 9.33. The molecule has 0 saturated carbocycles. The topological polar surface area (TPSA) is 108 Å². The highest BCUT2D eigenvalue weighted by molar-refractivity contribution is 5.88. The lowest BCUT2D eigenvalue weighted by Crippen LogP contribution is -2.34. The van der Waals surface area contributed by atoms with Crippen molar-refractivity contribution in [3.63, 3.8) is 0 Å². The summed E-state index contributed by atoms with van der Waals surface area (Å²) in [5.41, 5.74) is 1.77. The lowest BCUT2D eigenvalue weighted by molar-refractivity contribution is 0.179. The number of piperidine rings is 1. The molecule has 0 bridgehead atoms. The Hall–Kier alpha value is -4.94. The lowest BCUT2D eigenvalue weighted by Gasteiger charge is -2.26. The number of hydrogen-bond acceptors (Lipinski definition) is 10. The van der Waals surface area contributed by atoms with Crippen LogP contribution in [-0.2, 0) is 17.9 Å². The summed E-state index contributed by atoms with van der Waals surface area (Å²) in [5.74, 6) is 1.56. The van der Waals surface area contributed by atoms with Crippen molar-refractivity contribution >= 4 is 23.5 Å². The molecule has 254 valence electrons. The van der Waals surface area contributed by atoms with E-state index in [-0.39, 0.29) is 30.7 Å². The first kappa shape index (κ1) is 34.4. The monoisotopic (exact) mass is 659 g/mol. The number of methoxy groups -OCH3 is 3. The Balaban J connectivity index is 1.33. The summed E-state index contributed by atoms with van der Waals surface area (Å²) in [7, 11) is 4.68. The lowest BCUT2D eigenvalue weighted by atomic mass is 10.1. The van der Waals surface area contributed by atoms with Gasteiger partial charge in [0.05, 0.1) is 34.0 Å². The third-order valence-electron chi connectivity index (χ3n) is 7.94. The maximum absolute atomic E-state index is 15.0. The van der Waals surface area contributed by atoms with Gasteiger partial charge in [-0.05, 0) is 74.8 Å². The molecule has 1 aliphatic heterocycles. The molecule has 0 unspecified atom stereocenters. The minimum absolute atomic E-state index is 0.0283. The number of benzene rings is 3. The number of halogens is 1. The van der Waals surface area contributed by atoms with Crippen LogP contribution in [0.3, 0.4) is 0 Å². The average Bonchev–Trinajstić information content (AvgIpc) is 3.11. The normalized spacial score (nSPS) is 13.1. The maximum atomic E-state index is 15.0. The van der Waals surface area contributed by atoms with Gasteiger partial charge in [0.25, 0.3) is 0 Å². The van der Waals surface area contributed by atoms with Gasteiger partial charge in [0.1, 0.15) is 23.1 Å². The molecule has 2 heterocycles. The zero-order valence-electron chi connectivity index (χ0n) is 27.6. The van der Waals surface area contributed by atoms with Crippen LogP contribution in [0.25, 0.3) is 0 Å². The summed E-state index contributed by atoms with van der Waals surface area (Å²) in [6.07, 6.45) is 5.40. The number of para-hydroxylation sites is 1. The van der Waals surface area contributed by atoms with Crippen molar-refractivity contribution in [1.82, 2.24) is 14.9 Å². The molecule has 0 atom stereocenters. The minimum Gasteiger partial charge on any atom is -0.497 e. The van der Waals surface area contributed by atoms with Gasteiger partial charge in [0.2, 0.25) is 5.95 Å². The number of likely N-dealkylation sites (tertiary alicyclic amines) is 1. The number of ether oxygens (including phenoxy) is 5. The van der Waals surface area contributed by atoms with Crippen molar-refractivity contribution in [2.75, 3.05) is 57.8 Å². The van der Waals surface area contributed by atoms with Gasteiger partial charge in [-0.25, -0.2) is 14.2 Å². The molecule has 0 radical (unpaired) electrons. The van der Waals surface area contributed by atoms with Crippen LogP contribution in [0.15, 0.2) is 72.9 Å². The second kappa shape index (κ2) is 17.3. The summed E-state index contributed by atoms with van der Waals surface area (Å²) in [6, 6.07) is 18.6. The fraction of sp³-hybridized carbons (Fsp3) is 0.361. The van der Waals surface area contributed by atoms with Gasteiger partial charge in [-0.1, -0.05) is 24.6 Å². The van der Waals surface area contributed by atoms with E-state index in [1.807, 2.05) is 12.1 Å². The van der Waals surface area contributed by atoms with Gasteiger partial charge in [-0.3, -0.25) is 4.90 Å². The average molecular weight is 660 g/mol. The quantitative estimate of drug-likeness (QED) is 0.134. The van der Waals surface area contributed by atoms with Gasteiger partial charge in [0, 0.05) is 42.7 Å². The largest absolute Gasteiger partial charge is 0.497 e. The fourth-order valence-corrected chi connectivity index (χ4v) is 5.48. The number of hydrogen-bond donors (Lipinski definition) is 1. The van der Waals surface area contributed by atoms with Crippen molar-refractivity contribution in [2.45, 2.75) is 38.8 Å². The van der Waals surface area contributed by atoms with E-state index in [0.29, 0.717) is 40.7 Å². The number of rotatable bonds is 15. The Labute approximate surface area is 280 Å². The van der Waals surface area contributed by atoms with Crippen LogP contribution >= 0.6 is 0 Å². The number of aromatic nitrogens is 2. The van der Waals surface area contributed by atoms with Crippen LogP contribution in [0.1, 0.15) is 36.8 Å². The number of nitrogens with zero attached hydrogens (tertiary/aromatic N) is 4. The van der Waals surface area contributed by atoms with E-state index in [2.05, 4.69) is 20.2 Å². The van der Waals surface area contributed by atoms with Crippen LogP contribution in [0, 0.1) is 5.82 Å². The second-order valence-corrected chi connectivity index (χ2v) is 11.3. The Morgan fingerprint density at radius 1 is 0.917 bits per heavy atom. The second-order valence-electron chi connectivity index (χ2n) is 11.3. The summed E-state index contributed by atoms with van der Waals surface area (Å²) in [5, 5.41) is 3.03. The first-order valence-corrected chi connectivity index (χ1v) is 16.0. The number of anilines is 3. The van der Waals surface area contributed by atoms with E-state index in [1.54, 1.807) is 69.9 Å². The summed E-state index contributed by atoms with van der Waals surface area (Å²) in [4.78, 5) is 26.5. The molecule has 12 heteroatoms. The zero-order chi connectivity index (χ0) is 33.7. The van der Waals surface area contributed by atoms with Crippen LogP contribution in [-0.4, -0.2) is 68.5 Å². The number of amides is 1. The first-order chi connectivity index (χ1) is 23.5. The first-order valence-electron chi connectivity index (χ1n) is 16.0. The predicted molar refractivity (Wildman–Crippen MR) is 181 cm³/mol. The molecule has 1 aromatic heterocycles. The molecule has 11 nitrogen and oxygen atoms in total. The van der Waals surface area contributed by atoms with E-state index >= 15 is 4.39 Å². The fourth-order valence-electron chi connectivity index (χ4n) is 5.48. The highest BCUT2D eigenvalue weighted by Crippen LogP contribution is 2.29. The molecule has 1 aliphatic rings. The zero-order valence-corrected chi connectivity index (χ0v) is 27.6. The van der Waals surface area contributed by atoms with Gasteiger partial charge in [-0.15, -0.1) is 0 Å². The Bertz CT molecular complexity index is 1650. The molecule has 1 fully saturated rings. The standard InChI is InChI=1S/C36H42FN5O6/c1-44-25-26-10-5-6-11-32(26)48-36(43)42(24-27-22-29(45-2)13-15-31(27)46-3)34-16-17-38-35(40-34)39-28-12-14-33(30(37)23-28)47-21-9-20-41-18-7-4-8-19-41/h5-6,10-17,22-23H,4,7-9,18-21,24-25H2,1-3H3,(H,38,39,40). The smallest absolute Gasteiger partial charge is 0.421 e. The molecule has 5 rings (SSSR count). The highest BCUT2D eigenvalue weighted by atomic mass is 19.1. The van der Waals surface area contributed by atoms with Gasteiger partial charge < -0.3 is 33.9 Å². The van der Waals surface area contributed by atoms with E-state index in [9.17, 15) is 4.79 Å². The molecule has 0 aliphatic carbocycles. The number of carbonyl (C=O) groups excluding carboxylic acids is 1. The molecule has 48 heavy (non-hydrogen) atoms. The Kier molecular flexibility index (Phi) is 12.4. The Morgan fingerprint density at radius 3 is 2.50 bits per heavy atom.